The smallest absolute Gasteiger partial charge is 0.271 e. The molecule has 0 aliphatic carbocycles. The number of aryl methyl sites for hydroxylation is 1. The average Bonchev–Trinajstić information content (AvgIpc) is 3.56. The van der Waals surface area contributed by atoms with Crippen molar-refractivity contribution in [2.24, 2.45) is 11.8 Å². The Labute approximate surface area is 199 Å². The first-order chi connectivity index (χ1) is 16.9. The van der Waals surface area contributed by atoms with Crippen LogP contribution in [-0.2, 0) is 9.59 Å². The van der Waals surface area contributed by atoms with Crippen LogP contribution in [0.3, 0.4) is 0 Å². The molecule has 174 valence electrons. The molecular formula is C26H19N3O6. The van der Waals surface area contributed by atoms with Crippen molar-refractivity contribution in [3.05, 3.63) is 93.9 Å². The summed E-state index contributed by atoms with van der Waals surface area (Å²) in [5.74, 6) is -3.11. The predicted molar refractivity (Wildman–Crippen MR) is 126 cm³/mol. The topological polar surface area (TPSA) is 114 Å². The quantitative estimate of drug-likeness (QED) is 0.247. The van der Waals surface area contributed by atoms with Crippen LogP contribution in [0.2, 0.25) is 0 Å². The molecule has 2 saturated heterocycles. The van der Waals surface area contributed by atoms with E-state index in [1.165, 1.54) is 24.5 Å². The number of hydrogen-bond donors (Lipinski definition) is 0. The van der Waals surface area contributed by atoms with E-state index in [-0.39, 0.29) is 17.1 Å². The van der Waals surface area contributed by atoms with Crippen LogP contribution in [0.5, 0.6) is 0 Å². The van der Waals surface area contributed by atoms with E-state index in [0.717, 1.165) is 16.2 Å². The van der Waals surface area contributed by atoms with Crippen molar-refractivity contribution in [1.82, 2.24) is 0 Å². The fraction of sp³-hybridized carbons (Fsp3) is 0.192. The van der Waals surface area contributed by atoms with Gasteiger partial charge in [0.15, 0.2) is 5.76 Å². The van der Waals surface area contributed by atoms with E-state index in [9.17, 15) is 24.5 Å². The number of fused-ring (bicyclic) bond motifs is 5. The lowest BCUT2D eigenvalue weighted by Crippen LogP contribution is -2.48. The number of rotatable bonds is 4. The Morgan fingerprint density at radius 1 is 1.00 bits per heavy atom. The number of anilines is 2. The number of benzene rings is 2. The summed E-state index contributed by atoms with van der Waals surface area (Å²) in [7, 11) is 0. The van der Waals surface area contributed by atoms with Gasteiger partial charge in [-0.15, -0.1) is 0 Å². The summed E-state index contributed by atoms with van der Waals surface area (Å²) in [4.78, 5) is 55.0. The van der Waals surface area contributed by atoms with E-state index in [2.05, 4.69) is 0 Å². The van der Waals surface area contributed by atoms with Gasteiger partial charge in [0.1, 0.15) is 6.04 Å². The molecule has 3 aliphatic rings. The van der Waals surface area contributed by atoms with Crippen LogP contribution in [0, 0.1) is 28.9 Å². The summed E-state index contributed by atoms with van der Waals surface area (Å²) in [6.07, 6.45) is 5.14. The molecule has 3 aliphatic heterocycles. The minimum atomic E-state index is -0.973. The highest BCUT2D eigenvalue weighted by Gasteiger charge is 2.64. The zero-order valence-corrected chi connectivity index (χ0v) is 18.5. The molecule has 2 amide bonds. The van der Waals surface area contributed by atoms with Gasteiger partial charge in [0.25, 0.3) is 5.69 Å². The molecule has 0 spiro atoms. The number of non-ortho nitro benzene ring substituents is 1. The Balaban J connectivity index is 1.50. The minimum absolute atomic E-state index is 0.103. The van der Waals surface area contributed by atoms with Gasteiger partial charge in [-0.2, -0.15) is 0 Å². The molecule has 4 atom stereocenters. The first-order valence-corrected chi connectivity index (χ1v) is 11.1. The molecule has 2 fully saturated rings. The second-order valence-corrected chi connectivity index (χ2v) is 8.89. The van der Waals surface area contributed by atoms with E-state index < -0.39 is 46.4 Å². The Morgan fingerprint density at radius 3 is 2.51 bits per heavy atom. The van der Waals surface area contributed by atoms with E-state index in [0.29, 0.717) is 5.56 Å². The maximum absolute atomic E-state index is 13.9. The lowest BCUT2D eigenvalue weighted by Gasteiger charge is -2.36. The molecule has 0 bridgehead atoms. The minimum Gasteiger partial charge on any atom is -0.461 e. The number of nitro benzene ring substituents is 1. The van der Waals surface area contributed by atoms with Crippen LogP contribution < -0.4 is 9.80 Å². The summed E-state index contributed by atoms with van der Waals surface area (Å²) < 4.78 is 5.38. The number of nitro groups is 1. The van der Waals surface area contributed by atoms with Gasteiger partial charge in [0, 0.05) is 17.8 Å². The lowest BCUT2D eigenvalue weighted by atomic mass is 9.87. The number of carbonyl (C=O) groups is 3. The van der Waals surface area contributed by atoms with Crippen molar-refractivity contribution in [3.63, 3.8) is 0 Å². The first-order valence-electron chi connectivity index (χ1n) is 11.1. The molecule has 9 heteroatoms. The maximum Gasteiger partial charge on any atom is 0.271 e. The van der Waals surface area contributed by atoms with Crippen molar-refractivity contribution in [1.29, 1.82) is 0 Å². The number of amides is 2. The van der Waals surface area contributed by atoms with E-state index in [1.54, 1.807) is 19.1 Å². The summed E-state index contributed by atoms with van der Waals surface area (Å²) in [5.41, 5.74) is 2.14. The van der Waals surface area contributed by atoms with Crippen molar-refractivity contribution >= 4 is 40.7 Å². The second-order valence-electron chi connectivity index (χ2n) is 8.89. The molecule has 4 heterocycles. The van der Waals surface area contributed by atoms with Crippen LogP contribution in [0.15, 0.2) is 71.4 Å². The van der Waals surface area contributed by atoms with Gasteiger partial charge in [-0.1, -0.05) is 36.4 Å². The molecule has 3 aromatic rings. The van der Waals surface area contributed by atoms with E-state index >= 15 is 0 Å². The number of ketones is 1. The van der Waals surface area contributed by atoms with Crippen molar-refractivity contribution < 1.29 is 23.7 Å². The summed E-state index contributed by atoms with van der Waals surface area (Å²) >= 11 is 0. The summed E-state index contributed by atoms with van der Waals surface area (Å²) in [6.45, 7) is 1.68. The van der Waals surface area contributed by atoms with Gasteiger partial charge in [0.05, 0.1) is 34.8 Å². The summed E-state index contributed by atoms with van der Waals surface area (Å²) in [6, 6.07) is 13.2. The van der Waals surface area contributed by atoms with Gasteiger partial charge in [-0.3, -0.25) is 24.5 Å². The fourth-order valence-electron chi connectivity index (χ4n) is 5.57. The second kappa shape index (κ2) is 7.49. The van der Waals surface area contributed by atoms with Crippen LogP contribution in [0.25, 0.3) is 6.08 Å². The first kappa shape index (κ1) is 21.0. The van der Waals surface area contributed by atoms with Crippen LogP contribution in [-0.4, -0.2) is 34.6 Å². The molecule has 0 N–H and O–H groups in total. The van der Waals surface area contributed by atoms with Gasteiger partial charge in [-0.05, 0) is 36.2 Å². The highest BCUT2D eigenvalue weighted by atomic mass is 16.6. The zero-order valence-electron chi connectivity index (χ0n) is 18.5. The molecule has 0 saturated carbocycles. The third-order valence-corrected chi connectivity index (χ3v) is 7.09. The van der Waals surface area contributed by atoms with Gasteiger partial charge in [0.2, 0.25) is 17.6 Å². The lowest BCUT2D eigenvalue weighted by molar-refractivity contribution is -0.384. The molecule has 2 aromatic carbocycles. The Bertz CT molecular complexity index is 1440. The third kappa shape index (κ3) is 2.91. The van der Waals surface area contributed by atoms with Crippen LogP contribution >= 0.6 is 0 Å². The highest BCUT2D eigenvalue weighted by Crippen LogP contribution is 2.50. The number of Topliss-reactive ketones (excluding diaryl/α,β-unsaturated/α-hetero) is 1. The number of imide groups is 1. The average molecular weight is 469 g/mol. The van der Waals surface area contributed by atoms with Crippen molar-refractivity contribution in [2.75, 3.05) is 9.80 Å². The fourth-order valence-corrected chi connectivity index (χ4v) is 5.57. The number of hydrogen-bond acceptors (Lipinski definition) is 7. The normalized spacial score (nSPS) is 24.4. The maximum atomic E-state index is 13.9. The molecule has 0 unspecified atom stereocenters. The molecule has 0 radical (unpaired) electrons. The molecular weight excluding hydrogens is 450 g/mol. The van der Waals surface area contributed by atoms with Gasteiger partial charge >= 0.3 is 0 Å². The van der Waals surface area contributed by atoms with Gasteiger partial charge < -0.3 is 9.32 Å². The monoisotopic (exact) mass is 469 g/mol. The molecule has 35 heavy (non-hydrogen) atoms. The predicted octanol–water partition coefficient (Wildman–Crippen LogP) is 3.77. The Morgan fingerprint density at radius 2 is 1.77 bits per heavy atom. The summed E-state index contributed by atoms with van der Waals surface area (Å²) in [5, 5.41) is 11.4. The van der Waals surface area contributed by atoms with E-state index in [4.69, 9.17) is 4.42 Å². The molecule has 9 nitrogen and oxygen atoms in total. The van der Waals surface area contributed by atoms with Gasteiger partial charge in [-0.25, -0.2) is 4.90 Å². The number of para-hydroxylation sites is 1. The van der Waals surface area contributed by atoms with Crippen molar-refractivity contribution in [2.45, 2.75) is 19.0 Å². The standard InChI is InChI=1S/C26H19N3O6/c1-14-8-10-16(29(33)34)13-19(14)28-25(31)21-18-11-9-15-5-2-3-6-17(15)27(18)23(22(21)26(28)32)24(30)20-7-4-12-35-20/h2-13,18,21-23H,1H3/t18-,21-,22+,23-/m0/s1. The zero-order chi connectivity index (χ0) is 24.4. The molecule has 6 rings (SSSR count). The molecule has 1 aromatic heterocycles. The largest absolute Gasteiger partial charge is 0.461 e. The van der Waals surface area contributed by atoms with Crippen LogP contribution in [0.1, 0.15) is 21.7 Å². The highest BCUT2D eigenvalue weighted by molar-refractivity contribution is 6.25. The van der Waals surface area contributed by atoms with E-state index in [1.807, 2.05) is 41.3 Å². The van der Waals surface area contributed by atoms with Crippen LogP contribution in [0.4, 0.5) is 17.1 Å². The Hall–Kier alpha value is -4.53. The number of nitrogens with zero attached hydrogens (tertiary/aromatic N) is 3. The number of carbonyl (C=O) groups excluding carboxylic acids is 3. The Kier molecular flexibility index (Phi) is 4.50. The number of furan rings is 1. The SMILES string of the molecule is Cc1ccc([N+](=O)[O-])cc1N1C(=O)[C@@H]2[C@@H](C1=O)[C@@H]1C=Cc3ccccc3N1[C@@H]2C(=O)c1ccco1. The third-order valence-electron chi connectivity index (χ3n) is 7.09. The van der Waals surface area contributed by atoms with Crippen molar-refractivity contribution in [3.8, 4) is 0 Å².